The van der Waals surface area contributed by atoms with Gasteiger partial charge < -0.3 is 15.2 Å². The zero-order valence-electron chi connectivity index (χ0n) is 14.2. The third kappa shape index (κ3) is 6.14. The number of carboxylic acids is 1. The van der Waals surface area contributed by atoms with Crippen molar-refractivity contribution in [3.05, 3.63) is 48.0 Å². The molecule has 0 aliphatic heterocycles. The Hall–Kier alpha value is -2.30. The molecule has 126 valence electrons. The molecule has 0 aromatic heterocycles. The largest absolute Gasteiger partial charge is 0.480 e. The van der Waals surface area contributed by atoms with Gasteiger partial charge in [-0.1, -0.05) is 30.3 Å². The van der Waals surface area contributed by atoms with Crippen molar-refractivity contribution in [2.24, 2.45) is 0 Å². The number of benzene rings is 1. The molecule has 0 saturated heterocycles. The Balaban J connectivity index is 2.86. The fourth-order valence-corrected chi connectivity index (χ4v) is 2.07. The van der Waals surface area contributed by atoms with Crippen molar-refractivity contribution in [3.63, 3.8) is 0 Å². The highest BCUT2D eigenvalue weighted by Gasteiger charge is 2.36. The molecule has 0 fully saturated rings. The van der Waals surface area contributed by atoms with Gasteiger partial charge in [-0.15, -0.1) is 6.58 Å². The van der Waals surface area contributed by atoms with E-state index in [2.05, 4.69) is 11.9 Å². The summed E-state index contributed by atoms with van der Waals surface area (Å²) in [6, 6.07) is 7.56. The van der Waals surface area contributed by atoms with Gasteiger partial charge in [-0.2, -0.15) is 0 Å². The number of hydrogen-bond acceptors (Lipinski definition) is 3. The highest BCUT2D eigenvalue weighted by Crippen LogP contribution is 2.17. The second-order valence-electron chi connectivity index (χ2n) is 6.75. The number of allylic oxidation sites excluding steroid dienone is 1. The molecular weight excluding hydrogens is 294 g/mol. The van der Waals surface area contributed by atoms with Crippen LogP contribution >= 0.6 is 0 Å². The van der Waals surface area contributed by atoms with Crippen LogP contribution in [0.2, 0.25) is 0 Å². The van der Waals surface area contributed by atoms with Crippen LogP contribution in [0.1, 0.15) is 38.8 Å². The molecular formula is C18H25NO4. The molecule has 0 heterocycles. The number of carbonyl (C=O) groups excluding carboxylic acids is 1. The maximum absolute atomic E-state index is 11.9. The lowest BCUT2D eigenvalue weighted by atomic mass is 9.92. The number of alkyl carbamates (subject to hydrolysis) is 1. The summed E-state index contributed by atoms with van der Waals surface area (Å²) in [5, 5.41) is 12.0. The third-order valence-corrected chi connectivity index (χ3v) is 3.21. The molecule has 0 spiro atoms. The van der Waals surface area contributed by atoms with E-state index in [9.17, 15) is 14.7 Å². The molecule has 0 aliphatic carbocycles. The molecule has 0 aliphatic rings. The minimum Gasteiger partial charge on any atom is -0.480 e. The topological polar surface area (TPSA) is 75.6 Å². The molecule has 23 heavy (non-hydrogen) atoms. The van der Waals surface area contributed by atoms with Crippen LogP contribution in [0, 0.1) is 0 Å². The molecule has 2 N–H and O–H groups in total. The molecule has 5 nitrogen and oxygen atoms in total. The summed E-state index contributed by atoms with van der Waals surface area (Å²) in [7, 11) is 0. The van der Waals surface area contributed by atoms with E-state index >= 15 is 0 Å². The summed E-state index contributed by atoms with van der Waals surface area (Å²) in [5.41, 5.74) is -0.211. The minimum absolute atomic E-state index is 0.163. The van der Waals surface area contributed by atoms with Crippen LogP contribution in [0.5, 0.6) is 0 Å². The highest BCUT2D eigenvalue weighted by molar-refractivity contribution is 5.84. The normalized spacial score (nSPS) is 13.7. The van der Waals surface area contributed by atoms with E-state index < -0.39 is 23.2 Å². The van der Waals surface area contributed by atoms with E-state index in [1.807, 2.05) is 24.3 Å². The van der Waals surface area contributed by atoms with Gasteiger partial charge in [0.05, 0.1) is 0 Å². The average Bonchev–Trinajstić information content (AvgIpc) is 2.38. The Kier molecular flexibility index (Phi) is 5.96. The monoisotopic (exact) mass is 319 g/mol. The number of amides is 1. The minimum atomic E-state index is -1.44. The van der Waals surface area contributed by atoms with Crippen LogP contribution in [0.4, 0.5) is 4.79 Å². The van der Waals surface area contributed by atoms with Crippen LogP contribution < -0.4 is 5.32 Å². The first-order valence-corrected chi connectivity index (χ1v) is 7.49. The maximum Gasteiger partial charge on any atom is 0.408 e. The van der Waals surface area contributed by atoms with Crippen molar-refractivity contribution >= 4 is 12.1 Å². The van der Waals surface area contributed by atoms with Crippen molar-refractivity contribution < 1.29 is 19.4 Å². The Morgan fingerprint density at radius 2 is 1.70 bits per heavy atom. The molecule has 1 aromatic carbocycles. The van der Waals surface area contributed by atoms with E-state index in [1.54, 1.807) is 26.8 Å². The van der Waals surface area contributed by atoms with E-state index in [0.717, 1.165) is 17.5 Å². The number of rotatable bonds is 6. The lowest BCUT2D eigenvalue weighted by Gasteiger charge is -2.28. The van der Waals surface area contributed by atoms with Gasteiger partial charge in [0.15, 0.2) is 0 Å². The summed E-state index contributed by atoms with van der Waals surface area (Å²) in [6.45, 7) is 10.3. The van der Waals surface area contributed by atoms with E-state index in [1.165, 1.54) is 6.92 Å². The predicted octanol–water partition coefficient (Wildman–Crippen LogP) is 3.33. The zero-order chi connectivity index (χ0) is 17.7. The number of carbonyl (C=O) groups is 2. The maximum atomic E-state index is 11.9. The average molecular weight is 319 g/mol. The summed E-state index contributed by atoms with van der Waals surface area (Å²) >= 11 is 0. The first-order valence-electron chi connectivity index (χ1n) is 7.49. The van der Waals surface area contributed by atoms with Crippen LogP contribution in [0.15, 0.2) is 36.9 Å². The molecule has 5 heteroatoms. The molecule has 1 amide bonds. The molecule has 1 rings (SSSR count). The van der Waals surface area contributed by atoms with Gasteiger partial charge in [-0.05, 0) is 45.2 Å². The Labute approximate surface area is 137 Å². The molecule has 0 saturated carbocycles. The van der Waals surface area contributed by atoms with Crippen LogP contribution in [0.3, 0.4) is 0 Å². The zero-order valence-corrected chi connectivity index (χ0v) is 14.2. The molecule has 1 aromatic rings. The van der Waals surface area contributed by atoms with Crippen LogP contribution in [0.25, 0.3) is 0 Å². The van der Waals surface area contributed by atoms with E-state index in [4.69, 9.17) is 4.74 Å². The van der Waals surface area contributed by atoms with Gasteiger partial charge in [0.2, 0.25) is 0 Å². The SMILES string of the molecule is C=CCc1ccc(C[C@@](C)(NC(=O)OC(C)(C)C)C(=O)O)cc1. The Morgan fingerprint density at radius 1 is 1.17 bits per heavy atom. The first kappa shape index (κ1) is 18.7. The lowest BCUT2D eigenvalue weighted by Crippen LogP contribution is -2.54. The molecule has 0 bridgehead atoms. The number of ether oxygens (including phenoxy) is 1. The summed E-state index contributed by atoms with van der Waals surface area (Å²) in [6.07, 6.45) is 1.98. The Morgan fingerprint density at radius 3 is 2.13 bits per heavy atom. The second-order valence-corrected chi connectivity index (χ2v) is 6.75. The molecule has 0 unspecified atom stereocenters. The fraction of sp³-hybridized carbons (Fsp3) is 0.444. The van der Waals surface area contributed by atoms with Gasteiger partial charge in [0.1, 0.15) is 11.1 Å². The number of carboxylic acid groups (broad SMARTS) is 1. The van der Waals surface area contributed by atoms with Crippen molar-refractivity contribution in [2.75, 3.05) is 0 Å². The van der Waals surface area contributed by atoms with Gasteiger partial charge in [0, 0.05) is 6.42 Å². The number of hydrogen-bond donors (Lipinski definition) is 2. The van der Waals surface area contributed by atoms with Crippen molar-refractivity contribution in [2.45, 2.75) is 51.7 Å². The summed E-state index contributed by atoms with van der Waals surface area (Å²) in [4.78, 5) is 23.5. The van der Waals surface area contributed by atoms with Crippen LogP contribution in [-0.2, 0) is 22.4 Å². The standard InChI is InChI=1S/C18H25NO4/c1-6-7-13-8-10-14(11-9-13)12-18(5,15(20)21)19-16(22)23-17(2,3)4/h6,8-11H,1,7,12H2,2-5H3,(H,19,22)(H,20,21)/t18-/m1/s1. The number of nitrogens with one attached hydrogen (secondary N) is 1. The highest BCUT2D eigenvalue weighted by atomic mass is 16.6. The Bertz CT molecular complexity index is 572. The first-order chi connectivity index (χ1) is 10.6. The van der Waals surface area contributed by atoms with Gasteiger partial charge in [-0.25, -0.2) is 9.59 Å². The molecule has 0 radical (unpaired) electrons. The second kappa shape index (κ2) is 7.31. The van der Waals surface area contributed by atoms with Crippen molar-refractivity contribution in [1.29, 1.82) is 0 Å². The van der Waals surface area contributed by atoms with Crippen LogP contribution in [-0.4, -0.2) is 28.3 Å². The van der Waals surface area contributed by atoms with E-state index in [0.29, 0.717) is 0 Å². The van der Waals surface area contributed by atoms with Gasteiger partial charge >= 0.3 is 12.1 Å². The summed E-state index contributed by atoms with van der Waals surface area (Å²) in [5.74, 6) is -1.11. The fourth-order valence-electron chi connectivity index (χ4n) is 2.07. The predicted molar refractivity (Wildman–Crippen MR) is 89.5 cm³/mol. The van der Waals surface area contributed by atoms with Gasteiger partial charge in [-0.3, -0.25) is 0 Å². The third-order valence-electron chi connectivity index (χ3n) is 3.21. The molecule has 1 atom stereocenters. The quantitative estimate of drug-likeness (QED) is 0.789. The smallest absolute Gasteiger partial charge is 0.408 e. The van der Waals surface area contributed by atoms with Crippen molar-refractivity contribution in [1.82, 2.24) is 5.32 Å². The number of aliphatic carboxylic acids is 1. The lowest BCUT2D eigenvalue weighted by molar-refractivity contribution is -0.144. The van der Waals surface area contributed by atoms with E-state index in [-0.39, 0.29) is 6.42 Å². The van der Waals surface area contributed by atoms with Gasteiger partial charge in [0.25, 0.3) is 0 Å². The van der Waals surface area contributed by atoms with Crippen molar-refractivity contribution in [3.8, 4) is 0 Å². The summed E-state index contributed by atoms with van der Waals surface area (Å²) < 4.78 is 5.15.